The van der Waals surface area contributed by atoms with E-state index in [1.165, 1.54) is 0 Å². The molecule has 1 aromatic heterocycles. The van der Waals surface area contributed by atoms with Crippen molar-refractivity contribution in [3.63, 3.8) is 0 Å². The Morgan fingerprint density at radius 3 is 2.94 bits per heavy atom. The number of hydrogen-bond acceptors (Lipinski definition) is 3. The molecule has 1 heterocycles. The zero-order valence-electron chi connectivity index (χ0n) is 9.12. The number of aromatic amines is 1. The molecule has 0 saturated heterocycles. The molecule has 0 saturated carbocycles. The first-order chi connectivity index (χ1) is 8.09. The van der Waals surface area contributed by atoms with Gasteiger partial charge in [0.05, 0.1) is 16.2 Å². The smallest absolute Gasteiger partial charge is 0.258 e. The minimum atomic E-state index is -0.239. The third-order valence-electron chi connectivity index (χ3n) is 2.34. The topological polar surface area (TPSA) is 83.8 Å². The van der Waals surface area contributed by atoms with Crippen LogP contribution in [0.3, 0.4) is 0 Å². The molecule has 0 fully saturated rings. The molecule has 0 atom stereocenters. The summed E-state index contributed by atoms with van der Waals surface area (Å²) in [5.74, 6) is 0.348. The lowest BCUT2D eigenvalue weighted by atomic mass is 10.2. The summed E-state index contributed by atoms with van der Waals surface area (Å²) in [4.78, 5) is 12.0. The average molecular weight is 295 g/mol. The van der Waals surface area contributed by atoms with Crippen molar-refractivity contribution in [2.24, 2.45) is 0 Å². The van der Waals surface area contributed by atoms with E-state index in [1.807, 2.05) is 6.92 Å². The number of nitrogens with two attached hydrogens (primary N) is 1. The third-order valence-corrected chi connectivity index (χ3v) is 3.23. The molecule has 1 aromatic carbocycles. The van der Waals surface area contributed by atoms with E-state index < -0.39 is 0 Å². The van der Waals surface area contributed by atoms with E-state index in [2.05, 4.69) is 31.4 Å². The van der Waals surface area contributed by atoms with Crippen LogP contribution in [-0.2, 0) is 0 Å². The quantitative estimate of drug-likeness (QED) is 0.743. The number of rotatable bonds is 2. The van der Waals surface area contributed by atoms with Crippen LogP contribution >= 0.6 is 15.9 Å². The van der Waals surface area contributed by atoms with Crippen molar-refractivity contribution in [1.29, 1.82) is 0 Å². The lowest BCUT2D eigenvalue weighted by Gasteiger charge is -2.07. The Balaban J connectivity index is 2.27. The highest BCUT2D eigenvalue weighted by Gasteiger charge is 2.13. The number of benzene rings is 1. The van der Waals surface area contributed by atoms with Crippen LogP contribution in [0.5, 0.6) is 0 Å². The Morgan fingerprint density at radius 1 is 1.53 bits per heavy atom. The number of amides is 1. The van der Waals surface area contributed by atoms with Gasteiger partial charge in [0.1, 0.15) is 5.82 Å². The summed E-state index contributed by atoms with van der Waals surface area (Å²) in [6.45, 7) is 1.85. The Bertz CT molecular complexity index is 564. The van der Waals surface area contributed by atoms with Crippen LogP contribution in [0.1, 0.15) is 15.9 Å². The molecule has 0 unspecified atom stereocenters. The normalized spacial score (nSPS) is 10.2. The van der Waals surface area contributed by atoms with Crippen molar-refractivity contribution in [2.75, 3.05) is 11.1 Å². The monoisotopic (exact) mass is 294 g/mol. The first-order valence-corrected chi connectivity index (χ1v) is 5.74. The van der Waals surface area contributed by atoms with Crippen LogP contribution in [-0.4, -0.2) is 16.1 Å². The number of anilines is 2. The SMILES string of the molecule is Cc1cn[nH]c1NC(=O)c1cccc(N)c1Br. The fraction of sp³-hybridized carbons (Fsp3) is 0.0909. The maximum Gasteiger partial charge on any atom is 0.258 e. The molecule has 88 valence electrons. The van der Waals surface area contributed by atoms with Crippen LogP contribution in [0.25, 0.3) is 0 Å². The summed E-state index contributed by atoms with van der Waals surface area (Å²) in [7, 11) is 0. The second kappa shape index (κ2) is 4.58. The van der Waals surface area contributed by atoms with Gasteiger partial charge in [-0.15, -0.1) is 0 Å². The van der Waals surface area contributed by atoms with Gasteiger partial charge in [0.2, 0.25) is 0 Å². The van der Waals surface area contributed by atoms with E-state index in [1.54, 1.807) is 24.4 Å². The first-order valence-electron chi connectivity index (χ1n) is 4.95. The predicted molar refractivity (Wildman–Crippen MR) is 69.8 cm³/mol. The van der Waals surface area contributed by atoms with Gasteiger partial charge in [-0.3, -0.25) is 9.89 Å². The van der Waals surface area contributed by atoms with Gasteiger partial charge in [-0.1, -0.05) is 6.07 Å². The minimum absolute atomic E-state index is 0.239. The zero-order chi connectivity index (χ0) is 12.4. The van der Waals surface area contributed by atoms with Gasteiger partial charge in [0.15, 0.2) is 0 Å². The fourth-order valence-corrected chi connectivity index (χ4v) is 1.82. The molecule has 0 spiro atoms. The third kappa shape index (κ3) is 2.31. The van der Waals surface area contributed by atoms with Gasteiger partial charge in [-0.2, -0.15) is 5.10 Å². The van der Waals surface area contributed by atoms with Gasteiger partial charge < -0.3 is 11.1 Å². The van der Waals surface area contributed by atoms with E-state index in [-0.39, 0.29) is 5.91 Å². The molecule has 4 N–H and O–H groups in total. The minimum Gasteiger partial charge on any atom is -0.398 e. The number of carbonyl (C=O) groups excluding carboxylic acids is 1. The lowest BCUT2D eigenvalue weighted by molar-refractivity contribution is 0.102. The molecule has 2 rings (SSSR count). The number of hydrogen-bond donors (Lipinski definition) is 3. The van der Waals surface area contributed by atoms with E-state index >= 15 is 0 Å². The van der Waals surface area contributed by atoms with Crippen molar-refractivity contribution in [3.05, 3.63) is 40.0 Å². The van der Waals surface area contributed by atoms with Crippen LogP contribution in [0.2, 0.25) is 0 Å². The average Bonchev–Trinajstić information content (AvgIpc) is 2.68. The number of nitrogen functional groups attached to an aromatic ring is 1. The first kappa shape index (κ1) is 11.7. The molecule has 0 aliphatic carbocycles. The summed E-state index contributed by atoms with van der Waals surface area (Å²) in [6, 6.07) is 5.15. The fourth-order valence-electron chi connectivity index (χ4n) is 1.38. The van der Waals surface area contributed by atoms with Crippen LogP contribution in [0.4, 0.5) is 11.5 Å². The van der Waals surface area contributed by atoms with E-state index in [0.29, 0.717) is 21.5 Å². The number of carbonyl (C=O) groups is 1. The van der Waals surface area contributed by atoms with Crippen LogP contribution in [0.15, 0.2) is 28.9 Å². The number of H-pyrrole nitrogens is 1. The molecule has 0 bridgehead atoms. The summed E-state index contributed by atoms with van der Waals surface area (Å²) >= 11 is 3.29. The van der Waals surface area contributed by atoms with Gasteiger partial charge in [-0.25, -0.2) is 0 Å². The van der Waals surface area contributed by atoms with Gasteiger partial charge >= 0.3 is 0 Å². The summed E-state index contributed by atoms with van der Waals surface area (Å²) in [6.07, 6.45) is 1.64. The molecule has 2 aromatic rings. The number of nitrogens with zero attached hydrogens (tertiary/aromatic N) is 1. The van der Waals surface area contributed by atoms with Crippen molar-refractivity contribution < 1.29 is 4.79 Å². The van der Waals surface area contributed by atoms with Crippen molar-refractivity contribution >= 4 is 33.3 Å². The zero-order valence-corrected chi connectivity index (χ0v) is 10.7. The largest absolute Gasteiger partial charge is 0.398 e. The maximum atomic E-state index is 12.0. The standard InChI is InChI=1S/C11H11BrN4O/c1-6-5-14-16-10(6)15-11(17)7-3-2-4-8(13)9(7)12/h2-5H,13H2,1H3,(H2,14,15,16,17). The van der Waals surface area contributed by atoms with Crippen LogP contribution < -0.4 is 11.1 Å². The highest BCUT2D eigenvalue weighted by molar-refractivity contribution is 9.10. The molecule has 17 heavy (non-hydrogen) atoms. The highest BCUT2D eigenvalue weighted by atomic mass is 79.9. The molecule has 1 amide bonds. The van der Waals surface area contributed by atoms with E-state index in [0.717, 1.165) is 5.56 Å². The summed E-state index contributed by atoms with van der Waals surface area (Å²) < 4.78 is 0.592. The Hall–Kier alpha value is -1.82. The van der Waals surface area contributed by atoms with Gasteiger partial charge in [-0.05, 0) is 35.0 Å². The van der Waals surface area contributed by atoms with E-state index in [4.69, 9.17) is 5.73 Å². The lowest BCUT2D eigenvalue weighted by Crippen LogP contribution is -2.14. The summed E-state index contributed by atoms with van der Waals surface area (Å²) in [5.41, 5.74) is 7.60. The van der Waals surface area contributed by atoms with Gasteiger partial charge in [0, 0.05) is 11.3 Å². The van der Waals surface area contributed by atoms with Crippen molar-refractivity contribution in [1.82, 2.24) is 10.2 Å². The maximum absolute atomic E-state index is 12.0. The molecule has 0 radical (unpaired) electrons. The van der Waals surface area contributed by atoms with Crippen molar-refractivity contribution in [2.45, 2.75) is 6.92 Å². The number of nitrogens with one attached hydrogen (secondary N) is 2. The van der Waals surface area contributed by atoms with Gasteiger partial charge in [0.25, 0.3) is 5.91 Å². The van der Waals surface area contributed by atoms with Crippen molar-refractivity contribution in [3.8, 4) is 0 Å². The second-order valence-corrected chi connectivity index (χ2v) is 4.38. The Labute approximate surface area is 107 Å². The predicted octanol–water partition coefficient (Wildman–Crippen LogP) is 2.32. The number of aromatic nitrogens is 2. The second-order valence-electron chi connectivity index (χ2n) is 3.59. The van der Waals surface area contributed by atoms with E-state index in [9.17, 15) is 4.79 Å². The van der Waals surface area contributed by atoms with Crippen LogP contribution in [0, 0.1) is 6.92 Å². The number of halogens is 1. The molecular weight excluding hydrogens is 284 g/mol. The highest BCUT2D eigenvalue weighted by Crippen LogP contribution is 2.24. The molecule has 5 nitrogen and oxygen atoms in total. The molecule has 0 aliphatic heterocycles. The Morgan fingerprint density at radius 2 is 2.29 bits per heavy atom. The number of aryl methyl sites for hydroxylation is 1. The molecule has 6 heteroatoms. The molecular formula is C11H11BrN4O. The Kier molecular flexibility index (Phi) is 3.14. The summed E-state index contributed by atoms with van der Waals surface area (Å²) in [5, 5.41) is 9.28. The molecule has 0 aliphatic rings.